The number of aromatic nitrogens is 3. The van der Waals surface area contributed by atoms with E-state index in [1.807, 2.05) is 24.9 Å². The molecule has 182 valence electrons. The largest absolute Gasteiger partial charge is 0.375 e. The fourth-order valence-electron chi connectivity index (χ4n) is 4.28. The first-order valence-electron chi connectivity index (χ1n) is 11.4. The van der Waals surface area contributed by atoms with Crippen LogP contribution in [-0.2, 0) is 24.1 Å². The van der Waals surface area contributed by atoms with Crippen LogP contribution in [-0.4, -0.2) is 46.1 Å². The van der Waals surface area contributed by atoms with Gasteiger partial charge in [0.2, 0.25) is 5.92 Å². The summed E-state index contributed by atoms with van der Waals surface area (Å²) in [7, 11) is 0. The molecule has 6 nitrogen and oxygen atoms in total. The summed E-state index contributed by atoms with van der Waals surface area (Å²) in [6, 6.07) is 6.37. The summed E-state index contributed by atoms with van der Waals surface area (Å²) < 4.78 is 51.9. The Bertz CT molecular complexity index is 1220. The van der Waals surface area contributed by atoms with Crippen LogP contribution >= 0.6 is 0 Å². The minimum Gasteiger partial charge on any atom is -0.375 e. The van der Waals surface area contributed by atoms with Crippen molar-refractivity contribution in [1.29, 1.82) is 0 Å². The average Bonchev–Trinajstić information content (AvgIpc) is 3.23. The highest BCUT2D eigenvalue weighted by Gasteiger charge is 2.27. The molecule has 1 fully saturated rings. The number of hydrogen-bond donors (Lipinski definition) is 0. The number of nitrogens with zero attached hydrogens (tertiary/aromatic N) is 4. The van der Waals surface area contributed by atoms with Crippen molar-refractivity contribution in [1.82, 2.24) is 14.3 Å². The summed E-state index contributed by atoms with van der Waals surface area (Å²) in [6.45, 7) is 6.94. The van der Waals surface area contributed by atoms with Gasteiger partial charge >= 0.3 is 0 Å². The summed E-state index contributed by atoms with van der Waals surface area (Å²) in [5.41, 5.74) is 1.36. The van der Waals surface area contributed by atoms with Gasteiger partial charge in [-0.1, -0.05) is 6.07 Å². The number of rotatable bonds is 7. The lowest BCUT2D eigenvalue weighted by Crippen LogP contribution is -2.41. The summed E-state index contributed by atoms with van der Waals surface area (Å²) in [5, 5.41) is 4.23. The van der Waals surface area contributed by atoms with Crippen LogP contribution in [0.2, 0.25) is 0 Å². The summed E-state index contributed by atoms with van der Waals surface area (Å²) in [4.78, 5) is 15.3. The second-order valence-corrected chi connectivity index (χ2v) is 8.90. The number of anilines is 1. The van der Waals surface area contributed by atoms with Gasteiger partial charge in [0.25, 0.3) is 5.56 Å². The molecule has 3 heterocycles. The number of hydrogen-bond acceptors (Lipinski definition) is 4. The number of alkyl halides is 2. The van der Waals surface area contributed by atoms with E-state index < -0.39 is 23.7 Å². The molecule has 0 saturated carbocycles. The smallest absolute Gasteiger partial charge is 0.258 e. The van der Waals surface area contributed by atoms with Crippen LogP contribution in [0, 0.1) is 5.82 Å². The van der Waals surface area contributed by atoms with E-state index in [2.05, 4.69) is 5.10 Å². The summed E-state index contributed by atoms with van der Waals surface area (Å²) in [6.07, 6.45) is 4.56. The zero-order valence-corrected chi connectivity index (χ0v) is 19.6. The van der Waals surface area contributed by atoms with Crippen molar-refractivity contribution < 1.29 is 17.9 Å². The van der Waals surface area contributed by atoms with Gasteiger partial charge in [-0.05, 0) is 50.1 Å². The van der Waals surface area contributed by atoms with E-state index in [1.54, 1.807) is 29.1 Å². The van der Waals surface area contributed by atoms with Gasteiger partial charge in [-0.25, -0.2) is 13.2 Å². The zero-order valence-electron chi connectivity index (χ0n) is 19.6. The molecule has 0 aliphatic carbocycles. The van der Waals surface area contributed by atoms with Gasteiger partial charge < -0.3 is 9.64 Å². The third-order valence-corrected chi connectivity index (χ3v) is 5.91. The first kappa shape index (κ1) is 24.1. The van der Waals surface area contributed by atoms with E-state index in [1.165, 1.54) is 16.8 Å². The predicted octanol–water partition coefficient (Wildman–Crippen LogP) is 4.21. The van der Waals surface area contributed by atoms with E-state index in [9.17, 15) is 13.6 Å². The van der Waals surface area contributed by atoms with Gasteiger partial charge in [-0.3, -0.25) is 14.0 Å². The molecule has 0 N–H and O–H groups in total. The highest BCUT2D eigenvalue weighted by Crippen LogP contribution is 2.30. The molecule has 34 heavy (non-hydrogen) atoms. The summed E-state index contributed by atoms with van der Waals surface area (Å²) in [5.74, 6) is -3.91. The molecule has 3 aromatic rings. The van der Waals surface area contributed by atoms with Crippen molar-refractivity contribution >= 4 is 5.69 Å². The van der Waals surface area contributed by atoms with Gasteiger partial charge in [-0.15, -0.1) is 0 Å². The molecule has 1 saturated heterocycles. The van der Waals surface area contributed by atoms with E-state index in [0.717, 1.165) is 12.5 Å². The molecule has 1 aromatic carbocycles. The molecule has 1 aliphatic rings. The maximum absolute atomic E-state index is 15.6. The summed E-state index contributed by atoms with van der Waals surface area (Å²) >= 11 is 0. The Balaban J connectivity index is 1.78. The molecule has 1 atom stereocenters. The fraction of sp³-hybridized carbons (Fsp3) is 0.440. The molecule has 1 aliphatic heterocycles. The van der Waals surface area contributed by atoms with Crippen LogP contribution < -0.4 is 10.5 Å². The molecule has 9 heteroatoms. The van der Waals surface area contributed by atoms with Gasteiger partial charge in [0.1, 0.15) is 0 Å². The Hall–Kier alpha value is -3.07. The van der Waals surface area contributed by atoms with E-state index in [0.29, 0.717) is 43.9 Å². The van der Waals surface area contributed by atoms with Gasteiger partial charge in [-0.2, -0.15) is 5.10 Å². The molecule has 0 radical (unpaired) electrons. The third kappa shape index (κ3) is 5.35. The number of ether oxygens (including phenoxy) is 1. The van der Waals surface area contributed by atoms with Crippen LogP contribution in [0.15, 0.2) is 47.7 Å². The highest BCUT2D eigenvalue weighted by molar-refractivity contribution is 5.57. The first-order valence-corrected chi connectivity index (χ1v) is 11.4. The number of morpholine rings is 1. The second-order valence-electron chi connectivity index (χ2n) is 8.90. The third-order valence-electron chi connectivity index (χ3n) is 5.91. The molecular formula is C25H29F3N4O2. The molecule has 4 rings (SSSR count). The molecule has 0 spiro atoms. The average molecular weight is 475 g/mol. The van der Waals surface area contributed by atoms with Crippen molar-refractivity contribution in [3.63, 3.8) is 0 Å². The van der Waals surface area contributed by atoms with E-state index in [4.69, 9.17) is 4.74 Å². The number of aryl methyl sites for hydroxylation is 1. The van der Waals surface area contributed by atoms with Crippen molar-refractivity contribution in [3.8, 4) is 5.69 Å². The molecule has 2 aromatic heterocycles. The monoisotopic (exact) mass is 474 g/mol. The molecular weight excluding hydrogens is 445 g/mol. The lowest BCUT2D eigenvalue weighted by atomic mass is 10.0. The molecule has 0 bridgehead atoms. The Morgan fingerprint density at radius 2 is 2.06 bits per heavy atom. The maximum atomic E-state index is 15.6. The highest BCUT2D eigenvalue weighted by atomic mass is 19.3. The second kappa shape index (κ2) is 9.66. The predicted molar refractivity (Wildman–Crippen MR) is 125 cm³/mol. The minimum absolute atomic E-state index is 0.0352. The van der Waals surface area contributed by atoms with Crippen molar-refractivity contribution in [3.05, 3.63) is 75.7 Å². The van der Waals surface area contributed by atoms with Gasteiger partial charge in [0, 0.05) is 56.1 Å². The SMILES string of the molecule is CCn1cc(Cc2cccn(-c3cc(N4CCO[C@H](C)C4)cc(CC(C)(F)F)c3F)c2=O)cn1. The van der Waals surface area contributed by atoms with Crippen molar-refractivity contribution in [2.24, 2.45) is 0 Å². The Kier molecular flexibility index (Phi) is 6.84. The fourth-order valence-corrected chi connectivity index (χ4v) is 4.28. The van der Waals surface area contributed by atoms with E-state index >= 15 is 4.39 Å². The Morgan fingerprint density at radius 1 is 1.26 bits per heavy atom. The lowest BCUT2D eigenvalue weighted by molar-refractivity contribution is 0.0217. The maximum Gasteiger partial charge on any atom is 0.258 e. The number of benzene rings is 1. The van der Waals surface area contributed by atoms with Crippen LogP contribution in [0.3, 0.4) is 0 Å². The van der Waals surface area contributed by atoms with Crippen LogP contribution in [0.25, 0.3) is 5.69 Å². The van der Waals surface area contributed by atoms with Gasteiger partial charge in [0.15, 0.2) is 5.82 Å². The number of halogens is 3. The lowest BCUT2D eigenvalue weighted by Gasteiger charge is -2.33. The van der Waals surface area contributed by atoms with Crippen LogP contribution in [0.5, 0.6) is 0 Å². The van der Waals surface area contributed by atoms with Gasteiger partial charge in [0.05, 0.1) is 24.6 Å². The van der Waals surface area contributed by atoms with Crippen molar-refractivity contribution in [2.75, 3.05) is 24.6 Å². The van der Waals surface area contributed by atoms with Crippen LogP contribution in [0.4, 0.5) is 18.9 Å². The van der Waals surface area contributed by atoms with Crippen LogP contribution in [0.1, 0.15) is 37.5 Å². The Morgan fingerprint density at radius 3 is 2.74 bits per heavy atom. The quantitative estimate of drug-likeness (QED) is 0.515. The topological polar surface area (TPSA) is 52.3 Å². The zero-order chi connectivity index (χ0) is 24.5. The number of pyridine rings is 1. The Labute approximate surface area is 196 Å². The van der Waals surface area contributed by atoms with E-state index in [-0.39, 0.29) is 17.4 Å². The van der Waals surface area contributed by atoms with Crippen molar-refractivity contribution in [2.45, 2.75) is 52.2 Å². The first-order chi connectivity index (χ1) is 16.1. The standard InChI is InChI=1S/C25H29F3N4O2/c1-4-31-16-18(14-29-31)10-19-6-5-7-32(24(19)33)22-12-21(30-8-9-34-17(2)15-30)11-20(23(22)26)13-25(3,27)28/h5-7,11-12,14,16-17H,4,8-10,13,15H2,1-3H3/t17-/m1/s1. The molecule has 0 unspecified atom stereocenters. The normalized spacial score (nSPS) is 16.8. The minimum atomic E-state index is -3.10. The molecule has 0 amide bonds.